The molecular weight excluding hydrogens is 394 g/mol. The molecule has 3 N–H and O–H groups in total. The number of phenolic OH excluding ortho intramolecular Hbond substituents is 2. The summed E-state index contributed by atoms with van der Waals surface area (Å²) in [7, 11) is 0. The highest BCUT2D eigenvalue weighted by molar-refractivity contribution is 7.80. The maximum Gasteiger partial charge on any atom is 0.128 e. The molecule has 30 heavy (non-hydrogen) atoms. The van der Waals surface area contributed by atoms with E-state index >= 15 is 0 Å². The van der Waals surface area contributed by atoms with E-state index in [-0.39, 0.29) is 11.5 Å². The van der Waals surface area contributed by atoms with Gasteiger partial charge in [0.2, 0.25) is 0 Å². The third-order valence-corrected chi connectivity index (χ3v) is 6.71. The molecule has 0 bridgehead atoms. The Morgan fingerprint density at radius 2 is 1.97 bits per heavy atom. The van der Waals surface area contributed by atoms with Crippen LogP contribution >= 0.6 is 12.6 Å². The van der Waals surface area contributed by atoms with Gasteiger partial charge in [-0.3, -0.25) is 10.00 Å². The molecule has 4 rings (SSSR count). The molecule has 6 heteroatoms. The molecule has 0 radical (unpaired) electrons. The van der Waals surface area contributed by atoms with Gasteiger partial charge in [0.25, 0.3) is 0 Å². The molecule has 5 nitrogen and oxygen atoms in total. The minimum absolute atomic E-state index is 0.0141. The van der Waals surface area contributed by atoms with Crippen LogP contribution < -0.4 is 0 Å². The highest BCUT2D eigenvalue weighted by Crippen LogP contribution is 2.43. The van der Waals surface area contributed by atoms with Gasteiger partial charge in [-0.25, -0.2) is 0 Å². The zero-order valence-electron chi connectivity index (χ0n) is 17.9. The van der Waals surface area contributed by atoms with Crippen LogP contribution in [0.3, 0.4) is 0 Å². The summed E-state index contributed by atoms with van der Waals surface area (Å²) in [5.41, 5.74) is 6.69. The molecule has 1 aliphatic carbocycles. The fourth-order valence-corrected chi connectivity index (χ4v) is 4.91. The number of nitrogens with zero attached hydrogens (tertiary/aromatic N) is 2. The van der Waals surface area contributed by atoms with Crippen molar-refractivity contribution in [3.05, 3.63) is 52.6 Å². The monoisotopic (exact) mass is 423 g/mol. The van der Waals surface area contributed by atoms with Crippen LogP contribution in [0.5, 0.6) is 11.5 Å². The van der Waals surface area contributed by atoms with Crippen molar-refractivity contribution in [2.75, 3.05) is 6.54 Å². The van der Waals surface area contributed by atoms with E-state index in [2.05, 4.69) is 66.7 Å². The van der Waals surface area contributed by atoms with Crippen molar-refractivity contribution >= 4 is 18.2 Å². The number of phenols is 2. The summed E-state index contributed by atoms with van der Waals surface area (Å²) in [4.78, 5) is 2.53. The molecular formula is C24H29N3O2S. The van der Waals surface area contributed by atoms with Crippen LogP contribution in [0.2, 0.25) is 0 Å². The van der Waals surface area contributed by atoms with Gasteiger partial charge < -0.3 is 10.2 Å². The molecule has 2 heterocycles. The van der Waals surface area contributed by atoms with Crippen molar-refractivity contribution in [1.29, 1.82) is 0 Å². The number of aromatic amines is 1. The van der Waals surface area contributed by atoms with Crippen LogP contribution in [-0.2, 0) is 6.42 Å². The number of H-pyrrole nitrogens is 1. The molecule has 2 atom stereocenters. The van der Waals surface area contributed by atoms with Crippen LogP contribution in [0.15, 0.2) is 46.5 Å². The van der Waals surface area contributed by atoms with E-state index in [4.69, 9.17) is 0 Å². The van der Waals surface area contributed by atoms with Gasteiger partial charge in [0.05, 0.1) is 11.7 Å². The van der Waals surface area contributed by atoms with E-state index in [1.54, 1.807) is 0 Å². The highest BCUT2D eigenvalue weighted by atomic mass is 32.1. The SMILES string of the molecule is CCCN1C(C)C(C)=C2C=C(c3c(S)n[nH]c3-c3cc(CC)c(O)cc3O)C=CC21. The first-order valence-electron chi connectivity index (χ1n) is 10.6. The molecule has 2 aliphatic rings. The zero-order valence-corrected chi connectivity index (χ0v) is 18.8. The molecule has 1 aromatic carbocycles. The Bertz CT molecular complexity index is 1080. The molecule has 1 aromatic heterocycles. The number of thiol groups is 1. The number of hydrogen-bond donors (Lipinski definition) is 4. The molecule has 0 saturated carbocycles. The number of aryl methyl sites for hydroxylation is 1. The Morgan fingerprint density at radius 1 is 1.20 bits per heavy atom. The summed E-state index contributed by atoms with van der Waals surface area (Å²) >= 11 is 4.60. The van der Waals surface area contributed by atoms with Crippen LogP contribution in [0.25, 0.3) is 16.8 Å². The summed E-state index contributed by atoms with van der Waals surface area (Å²) in [6, 6.07) is 3.93. The molecule has 1 aliphatic heterocycles. The first kappa shape index (κ1) is 20.8. The summed E-state index contributed by atoms with van der Waals surface area (Å²) in [6.45, 7) is 9.74. The summed E-state index contributed by atoms with van der Waals surface area (Å²) < 4.78 is 0. The number of hydrogen-bond acceptors (Lipinski definition) is 5. The molecule has 2 aromatic rings. The van der Waals surface area contributed by atoms with Gasteiger partial charge in [0, 0.05) is 23.2 Å². The van der Waals surface area contributed by atoms with E-state index < -0.39 is 0 Å². The number of benzene rings is 1. The van der Waals surface area contributed by atoms with E-state index in [1.807, 2.05) is 13.0 Å². The first-order valence-corrected chi connectivity index (χ1v) is 11.0. The standard InChI is InChI=1S/C24H29N3O2S/c1-5-9-27-14(4)13(3)17-11-16(7-8-19(17)27)22-23(25-26-24(22)30)18-10-15(6-2)20(28)12-21(18)29/h7-8,10-12,14,19,28-29H,5-6,9H2,1-4H3,(H2,25,26,30). The van der Waals surface area contributed by atoms with Crippen LogP contribution in [0, 0.1) is 0 Å². The second-order valence-corrected chi connectivity index (χ2v) is 8.53. The molecule has 158 valence electrons. The van der Waals surface area contributed by atoms with Gasteiger partial charge >= 0.3 is 0 Å². The van der Waals surface area contributed by atoms with Crippen molar-refractivity contribution in [2.45, 2.75) is 57.6 Å². The minimum atomic E-state index is 0.0141. The van der Waals surface area contributed by atoms with Gasteiger partial charge in [-0.2, -0.15) is 5.10 Å². The summed E-state index contributed by atoms with van der Waals surface area (Å²) in [5.74, 6) is 0.113. The van der Waals surface area contributed by atoms with E-state index in [1.165, 1.54) is 17.2 Å². The maximum absolute atomic E-state index is 10.5. The number of aromatic hydroxyl groups is 2. The van der Waals surface area contributed by atoms with Crippen LogP contribution in [0.4, 0.5) is 0 Å². The topological polar surface area (TPSA) is 72.4 Å². The number of rotatable bonds is 5. The van der Waals surface area contributed by atoms with Gasteiger partial charge in [-0.1, -0.05) is 31.6 Å². The molecule has 0 amide bonds. The van der Waals surface area contributed by atoms with Crippen molar-refractivity contribution in [3.63, 3.8) is 0 Å². The third-order valence-electron chi connectivity index (χ3n) is 6.39. The van der Waals surface area contributed by atoms with Gasteiger partial charge in [0.1, 0.15) is 16.5 Å². The number of fused-ring (bicyclic) bond motifs is 1. The van der Waals surface area contributed by atoms with E-state index in [0.29, 0.717) is 34.8 Å². The Kier molecular flexibility index (Phi) is 5.55. The van der Waals surface area contributed by atoms with Crippen molar-refractivity contribution < 1.29 is 10.2 Å². The quantitative estimate of drug-likeness (QED) is 0.506. The lowest BCUT2D eigenvalue weighted by atomic mass is 9.90. The lowest BCUT2D eigenvalue weighted by Gasteiger charge is -2.29. The molecule has 0 spiro atoms. The van der Waals surface area contributed by atoms with Crippen molar-refractivity contribution in [3.8, 4) is 22.8 Å². The predicted octanol–water partition coefficient (Wildman–Crippen LogP) is 5.09. The fraction of sp³-hybridized carbons (Fsp3) is 0.375. The lowest BCUT2D eigenvalue weighted by Crippen LogP contribution is -2.36. The van der Waals surface area contributed by atoms with Crippen LogP contribution in [-0.4, -0.2) is 43.9 Å². The Hall–Kier alpha value is -2.44. The smallest absolute Gasteiger partial charge is 0.128 e. The highest BCUT2D eigenvalue weighted by Gasteiger charge is 2.35. The first-order chi connectivity index (χ1) is 14.4. The van der Waals surface area contributed by atoms with Gasteiger partial charge in [-0.15, -0.1) is 12.6 Å². The van der Waals surface area contributed by atoms with Crippen LogP contribution in [0.1, 0.15) is 45.2 Å². The average molecular weight is 424 g/mol. The van der Waals surface area contributed by atoms with E-state index in [9.17, 15) is 10.2 Å². The van der Waals surface area contributed by atoms with Gasteiger partial charge in [0.15, 0.2) is 0 Å². The average Bonchev–Trinajstić information content (AvgIpc) is 3.21. The Balaban J connectivity index is 1.81. The maximum atomic E-state index is 10.5. The second kappa shape index (κ2) is 8.00. The van der Waals surface area contributed by atoms with Crippen molar-refractivity contribution in [1.82, 2.24) is 15.1 Å². The predicted molar refractivity (Wildman–Crippen MR) is 124 cm³/mol. The Morgan fingerprint density at radius 3 is 2.67 bits per heavy atom. The number of aromatic nitrogens is 2. The fourth-order valence-electron chi connectivity index (χ4n) is 4.62. The van der Waals surface area contributed by atoms with Gasteiger partial charge in [-0.05, 0) is 62.1 Å². The normalized spacial score (nSPS) is 21.3. The lowest BCUT2D eigenvalue weighted by molar-refractivity contribution is 0.239. The second-order valence-electron chi connectivity index (χ2n) is 8.10. The Labute approximate surface area is 183 Å². The summed E-state index contributed by atoms with van der Waals surface area (Å²) in [6.07, 6.45) is 8.41. The molecule has 0 fully saturated rings. The molecule has 2 unspecified atom stereocenters. The summed E-state index contributed by atoms with van der Waals surface area (Å²) in [5, 5.41) is 28.5. The zero-order chi connectivity index (χ0) is 21.6. The third kappa shape index (κ3) is 3.28. The molecule has 0 saturated heterocycles. The van der Waals surface area contributed by atoms with E-state index in [0.717, 1.165) is 29.7 Å². The number of nitrogens with one attached hydrogen (secondary N) is 1. The van der Waals surface area contributed by atoms with Crippen molar-refractivity contribution in [2.24, 2.45) is 0 Å². The number of allylic oxidation sites excluding steroid dienone is 2. The largest absolute Gasteiger partial charge is 0.508 e. The minimum Gasteiger partial charge on any atom is -0.508 e.